The second-order valence-electron chi connectivity index (χ2n) is 4.54. The van der Waals surface area contributed by atoms with Crippen molar-refractivity contribution < 1.29 is 23.1 Å². The quantitative estimate of drug-likeness (QED) is 0.896. The van der Waals surface area contributed by atoms with E-state index in [1.54, 1.807) is 0 Å². The first kappa shape index (κ1) is 14.1. The monoisotopic (exact) mass is 285 g/mol. The number of aliphatic carboxylic acids is 1. The SMILES string of the molecule is N#Cc1cccnc1N1CCC(C(=O)O)(C(F)(F)F)C1. The molecule has 0 bridgehead atoms. The maximum atomic E-state index is 13.0. The van der Waals surface area contributed by atoms with E-state index in [1.807, 2.05) is 6.07 Å². The third kappa shape index (κ3) is 2.05. The van der Waals surface area contributed by atoms with Gasteiger partial charge in [0.15, 0.2) is 5.41 Å². The van der Waals surface area contributed by atoms with Gasteiger partial charge >= 0.3 is 12.1 Å². The Bertz CT molecular complexity index is 582. The van der Waals surface area contributed by atoms with Crippen LogP contribution in [0.4, 0.5) is 19.0 Å². The van der Waals surface area contributed by atoms with Crippen molar-refractivity contribution in [1.29, 1.82) is 5.26 Å². The average molecular weight is 285 g/mol. The molecule has 8 heteroatoms. The Balaban J connectivity index is 2.37. The van der Waals surface area contributed by atoms with Crippen molar-refractivity contribution in [3.63, 3.8) is 0 Å². The van der Waals surface area contributed by atoms with E-state index < -0.39 is 30.5 Å². The highest BCUT2D eigenvalue weighted by Crippen LogP contribution is 2.46. The molecule has 1 aromatic heterocycles. The summed E-state index contributed by atoms with van der Waals surface area (Å²) < 4.78 is 39.1. The van der Waals surface area contributed by atoms with Gasteiger partial charge in [-0.1, -0.05) is 0 Å². The summed E-state index contributed by atoms with van der Waals surface area (Å²) in [4.78, 5) is 16.1. The van der Waals surface area contributed by atoms with Gasteiger partial charge in [0, 0.05) is 19.3 Å². The van der Waals surface area contributed by atoms with Gasteiger partial charge in [0.2, 0.25) is 0 Å². The summed E-state index contributed by atoms with van der Waals surface area (Å²) in [5.41, 5.74) is -2.69. The molecule has 0 aromatic carbocycles. The van der Waals surface area contributed by atoms with Crippen molar-refractivity contribution in [2.45, 2.75) is 12.6 Å². The molecule has 106 valence electrons. The van der Waals surface area contributed by atoms with Gasteiger partial charge < -0.3 is 10.0 Å². The second kappa shape index (κ2) is 4.67. The summed E-state index contributed by atoms with van der Waals surface area (Å²) in [6.45, 7) is -0.852. The number of rotatable bonds is 2. The van der Waals surface area contributed by atoms with Gasteiger partial charge in [-0.05, 0) is 18.6 Å². The Morgan fingerprint density at radius 1 is 1.55 bits per heavy atom. The van der Waals surface area contributed by atoms with E-state index >= 15 is 0 Å². The van der Waals surface area contributed by atoms with Crippen LogP contribution < -0.4 is 4.90 Å². The number of hydrogen-bond acceptors (Lipinski definition) is 4. The minimum absolute atomic E-state index is 0.0855. The molecule has 20 heavy (non-hydrogen) atoms. The Labute approximate surface area is 112 Å². The lowest BCUT2D eigenvalue weighted by molar-refractivity contribution is -0.225. The Morgan fingerprint density at radius 3 is 2.75 bits per heavy atom. The Hall–Kier alpha value is -2.30. The molecule has 1 fully saturated rings. The van der Waals surface area contributed by atoms with Crippen LogP contribution in [0.3, 0.4) is 0 Å². The zero-order valence-corrected chi connectivity index (χ0v) is 10.2. The van der Waals surface area contributed by atoms with Crippen molar-refractivity contribution in [2.75, 3.05) is 18.0 Å². The van der Waals surface area contributed by atoms with Crippen LogP contribution in [0.15, 0.2) is 18.3 Å². The van der Waals surface area contributed by atoms with Crippen LogP contribution in [0.2, 0.25) is 0 Å². The molecule has 5 nitrogen and oxygen atoms in total. The van der Waals surface area contributed by atoms with Crippen molar-refractivity contribution in [3.8, 4) is 6.07 Å². The number of hydrogen-bond donors (Lipinski definition) is 1. The molecular formula is C12H10F3N3O2. The van der Waals surface area contributed by atoms with Crippen LogP contribution in [0.1, 0.15) is 12.0 Å². The fraction of sp³-hybridized carbons (Fsp3) is 0.417. The Morgan fingerprint density at radius 2 is 2.25 bits per heavy atom. The number of alkyl halides is 3. The third-order valence-electron chi connectivity index (χ3n) is 3.43. The summed E-state index contributed by atoms with van der Waals surface area (Å²) in [5, 5.41) is 17.9. The van der Waals surface area contributed by atoms with E-state index in [2.05, 4.69) is 4.98 Å². The van der Waals surface area contributed by atoms with E-state index in [0.717, 1.165) is 0 Å². The highest BCUT2D eigenvalue weighted by Gasteiger charge is 2.64. The molecule has 2 heterocycles. The fourth-order valence-electron chi connectivity index (χ4n) is 2.25. The molecule has 1 aliphatic heterocycles. The van der Waals surface area contributed by atoms with Gasteiger partial charge in [-0.2, -0.15) is 18.4 Å². The molecule has 0 amide bonds. The molecular weight excluding hydrogens is 275 g/mol. The highest BCUT2D eigenvalue weighted by atomic mass is 19.4. The predicted molar refractivity (Wildman–Crippen MR) is 61.9 cm³/mol. The van der Waals surface area contributed by atoms with E-state index in [-0.39, 0.29) is 17.9 Å². The maximum Gasteiger partial charge on any atom is 0.406 e. The van der Waals surface area contributed by atoms with Gasteiger partial charge in [0.25, 0.3) is 0 Å². The minimum Gasteiger partial charge on any atom is -0.481 e. The highest BCUT2D eigenvalue weighted by molar-refractivity contribution is 5.78. The largest absolute Gasteiger partial charge is 0.481 e. The molecule has 0 spiro atoms. The minimum atomic E-state index is -4.85. The number of nitriles is 1. The number of carboxylic acids is 1. The second-order valence-corrected chi connectivity index (χ2v) is 4.54. The first-order chi connectivity index (χ1) is 9.32. The molecule has 2 rings (SSSR count). The zero-order chi connectivity index (χ0) is 15.0. The molecule has 0 radical (unpaired) electrons. The summed E-state index contributed by atoms with van der Waals surface area (Å²) >= 11 is 0. The molecule has 1 saturated heterocycles. The topological polar surface area (TPSA) is 77.2 Å². The average Bonchev–Trinajstić information content (AvgIpc) is 2.84. The number of nitrogens with zero attached hydrogens (tertiary/aromatic N) is 3. The number of pyridine rings is 1. The van der Waals surface area contributed by atoms with Crippen LogP contribution in [0, 0.1) is 16.7 Å². The molecule has 1 aliphatic rings. The molecule has 0 aliphatic carbocycles. The predicted octanol–water partition coefficient (Wildman–Crippen LogP) is 1.80. The Kier molecular flexibility index (Phi) is 3.29. The van der Waals surface area contributed by atoms with E-state index in [9.17, 15) is 18.0 Å². The van der Waals surface area contributed by atoms with Crippen LogP contribution in [-0.4, -0.2) is 35.3 Å². The van der Waals surface area contributed by atoms with Crippen molar-refractivity contribution in [1.82, 2.24) is 4.98 Å². The first-order valence-corrected chi connectivity index (χ1v) is 5.72. The number of carbonyl (C=O) groups is 1. The summed E-state index contributed by atoms with van der Waals surface area (Å²) in [6, 6.07) is 4.75. The lowest BCUT2D eigenvalue weighted by Crippen LogP contribution is -2.47. The number of anilines is 1. The molecule has 1 N–H and O–H groups in total. The van der Waals surface area contributed by atoms with Crippen molar-refractivity contribution in [3.05, 3.63) is 23.9 Å². The van der Waals surface area contributed by atoms with Gasteiger partial charge in [-0.25, -0.2) is 4.98 Å². The fourth-order valence-corrected chi connectivity index (χ4v) is 2.25. The molecule has 1 aromatic rings. The number of halogens is 3. The van der Waals surface area contributed by atoms with Crippen molar-refractivity contribution in [2.24, 2.45) is 5.41 Å². The van der Waals surface area contributed by atoms with Gasteiger partial charge in [-0.15, -0.1) is 0 Å². The summed E-state index contributed by atoms with van der Waals surface area (Å²) in [5.74, 6) is -1.82. The van der Waals surface area contributed by atoms with Gasteiger partial charge in [-0.3, -0.25) is 4.79 Å². The number of aromatic nitrogens is 1. The third-order valence-corrected chi connectivity index (χ3v) is 3.43. The van der Waals surface area contributed by atoms with E-state index in [0.29, 0.717) is 0 Å². The van der Waals surface area contributed by atoms with Gasteiger partial charge in [0.1, 0.15) is 11.9 Å². The maximum absolute atomic E-state index is 13.0. The summed E-state index contributed by atoms with van der Waals surface area (Å²) in [6.07, 6.45) is -4.06. The van der Waals surface area contributed by atoms with Crippen molar-refractivity contribution >= 4 is 11.8 Å². The zero-order valence-electron chi connectivity index (χ0n) is 10.2. The van der Waals surface area contributed by atoms with E-state index in [4.69, 9.17) is 10.4 Å². The molecule has 0 saturated carbocycles. The van der Waals surface area contributed by atoms with Crippen LogP contribution in [0.25, 0.3) is 0 Å². The lowest BCUT2D eigenvalue weighted by atomic mass is 9.86. The lowest BCUT2D eigenvalue weighted by Gasteiger charge is -2.27. The molecule has 1 atom stereocenters. The standard InChI is InChI=1S/C12H10F3N3O2/c13-12(14,15)11(10(19)20)3-5-18(7-11)9-8(6-16)2-1-4-17-9/h1-2,4H,3,5,7H2,(H,19,20). The normalized spacial score (nSPS) is 22.6. The van der Waals surface area contributed by atoms with E-state index in [1.165, 1.54) is 23.2 Å². The van der Waals surface area contributed by atoms with Crippen LogP contribution >= 0.6 is 0 Å². The first-order valence-electron chi connectivity index (χ1n) is 5.72. The smallest absolute Gasteiger partial charge is 0.406 e. The van der Waals surface area contributed by atoms with Crippen LogP contribution in [0.5, 0.6) is 0 Å². The molecule has 1 unspecified atom stereocenters. The van der Waals surface area contributed by atoms with Crippen LogP contribution in [-0.2, 0) is 4.79 Å². The van der Waals surface area contributed by atoms with Gasteiger partial charge in [0.05, 0.1) is 5.56 Å². The number of carboxylic acid groups (broad SMARTS) is 1. The summed E-state index contributed by atoms with van der Waals surface area (Å²) in [7, 11) is 0.